The minimum Gasteiger partial charge on any atom is -0.497 e. The Labute approximate surface area is 170 Å². The summed E-state index contributed by atoms with van der Waals surface area (Å²) in [6, 6.07) is 15.3. The lowest BCUT2D eigenvalue weighted by molar-refractivity contribution is -0.139. The number of hydrogen-bond donors (Lipinski definition) is 0. The third kappa shape index (κ3) is 3.85. The van der Waals surface area contributed by atoms with Gasteiger partial charge in [-0.1, -0.05) is 12.1 Å². The fraction of sp³-hybridized carbons (Fsp3) is 0.364. The molecule has 7 nitrogen and oxygen atoms in total. The highest BCUT2D eigenvalue weighted by Crippen LogP contribution is 2.33. The molecule has 2 aromatic carbocycles. The molecule has 2 amide bonds. The first-order chi connectivity index (χ1) is 14.1. The van der Waals surface area contributed by atoms with E-state index in [2.05, 4.69) is 4.90 Å². The van der Waals surface area contributed by atoms with Gasteiger partial charge in [0.1, 0.15) is 11.5 Å². The van der Waals surface area contributed by atoms with E-state index < -0.39 is 6.10 Å². The maximum atomic E-state index is 13.1. The van der Waals surface area contributed by atoms with Crippen LogP contribution in [0.15, 0.2) is 48.5 Å². The van der Waals surface area contributed by atoms with Crippen molar-refractivity contribution in [3.63, 3.8) is 0 Å². The Morgan fingerprint density at radius 2 is 1.69 bits per heavy atom. The van der Waals surface area contributed by atoms with E-state index >= 15 is 0 Å². The summed E-state index contributed by atoms with van der Waals surface area (Å²) in [4.78, 5) is 30.9. The molecule has 0 aromatic heterocycles. The predicted octanol–water partition coefficient (Wildman–Crippen LogP) is 2.16. The Kier molecular flexibility index (Phi) is 5.29. The Balaban J connectivity index is 1.41. The van der Waals surface area contributed by atoms with Crippen LogP contribution in [0.2, 0.25) is 0 Å². The van der Waals surface area contributed by atoms with Gasteiger partial charge in [0.05, 0.1) is 19.3 Å². The Morgan fingerprint density at radius 3 is 2.34 bits per heavy atom. The van der Waals surface area contributed by atoms with Gasteiger partial charge in [-0.25, -0.2) is 0 Å². The minimum atomic E-state index is -0.679. The molecule has 2 aromatic rings. The number of anilines is 2. The van der Waals surface area contributed by atoms with Crippen molar-refractivity contribution in [3.8, 4) is 11.5 Å². The normalized spacial score (nSPS) is 18.7. The molecule has 1 atom stereocenters. The number of nitrogens with zero attached hydrogens (tertiary/aromatic N) is 3. The van der Waals surface area contributed by atoms with Crippen LogP contribution in [0, 0.1) is 0 Å². The molecule has 152 valence electrons. The van der Waals surface area contributed by atoms with Crippen LogP contribution in [0.4, 0.5) is 11.4 Å². The number of fused-ring (bicyclic) bond motifs is 1. The van der Waals surface area contributed by atoms with Crippen molar-refractivity contribution in [3.05, 3.63) is 48.5 Å². The van der Waals surface area contributed by atoms with Crippen molar-refractivity contribution in [2.45, 2.75) is 13.0 Å². The van der Waals surface area contributed by atoms with Gasteiger partial charge in [0, 0.05) is 38.8 Å². The van der Waals surface area contributed by atoms with Crippen LogP contribution >= 0.6 is 0 Å². The largest absolute Gasteiger partial charge is 0.497 e. The lowest BCUT2D eigenvalue weighted by Gasteiger charge is -2.40. The summed E-state index contributed by atoms with van der Waals surface area (Å²) >= 11 is 0. The number of methoxy groups -OCH3 is 1. The molecule has 0 saturated carbocycles. The first-order valence-corrected chi connectivity index (χ1v) is 9.78. The highest BCUT2D eigenvalue weighted by atomic mass is 16.5. The average Bonchev–Trinajstić information content (AvgIpc) is 2.78. The molecule has 0 spiro atoms. The second kappa shape index (κ2) is 8.03. The zero-order chi connectivity index (χ0) is 20.4. The second-order valence-electron chi connectivity index (χ2n) is 7.21. The molecule has 2 heterocycles. The van der Waals surface area contributed by atoms with E-state index in [1.54, 1.807) is 18.1 Å². The topological polar surface area (TPSA) is 62.3 Å². The van der Waals surface area contributed by atoms with Gasteiger partial charge >= 0.3 is 0 Å². The number of amides is 2. The highest BCUT2D eigenvalue weighted by Gasteiger charge is 2.35. The molecule has 0 unspecified atom stereocenters. The number of rotatable bonds is 3. The van der Waals surface area contributed by atoms with Crippen LogP contribution in [0.3, 0.4) is 0 Å². The van der Waals surface area contributed by atoms with Crippen LogP contribution in [-0.4, -0.2) is 62.7 Å². The Bertz CT molecular complexity index is 891. The predicted molar refractivity (Wildman–Crippen MR) is 111 cm³/mol. The van der Waals surface area contributed by atoms with E-state index in [0.29, 0.717) is 24.5 Å². The lowest BCUT2D eigenvalue weighted by atomic mass is 10.1. The van der Waals surface area contributed by atoms with Crippen LogP contribution < -0.4 is 19.3 Å². The number of ether oxygens (including phenoxy) is 2. The maximum absolute atomic E-state index is 13.1. The molecule has 1 fully saturated rings. The van der Waals surface area contributed by atoms with Crippen LogP contribution in [0.5, 0.6) is 11.5 Å². The van der Waals surface area contributed by atoms with Gasteiger partial charge in [-0.3, -0.25) is 9.59 Å². The van der Waals surface area contributed by atoms with Gasteiger partial charge < -0.3 is 24.2 Å². The summed E-state index contributed by atoms with van der Waals surface area (Å²) in [5.41, 5.74) is 1.83. The molecule has 7 heteroatoms. The molecule has 0 radical (unpaired) electrons. The van der Waals surface area contributed by atoms with E-state index in [1.807, 2.05) is 47.4 Å². The molecular formula is C22H25N3O4. The van der Waals surface area contributed by atoms with Crippen molar-refractivity contribution in [1.29, 1.82) is 0 Å². The smallest absolute Gasteiger partial charge is 0.265 e. The van der Waals surface area contributed by atoms with Gasteiger partial charge in [-0.2, -0.15) is 0 Å². The summed E-state index contributed by atoms with van der Waals surface area (Å²) in [5.74, 6) is 1.24. The number of carbonyl (C=O) groups is 2. The van der Waals surface area contributed by atoms with Gasteiger partial charge in [-0.15, -0.1) is 0 Å². The van der Waals surface area contributed by atoms with Gasteiger partial charge in [0.15, 0.2) is 6.10 Å². The van der Waals surface area contributed by atoms with E-state index in [-0.39, 0.29) is 18.4 Å². The lowest BCUT2D eigenvalue weighted by Crippen LogP contribution is -2.56. The van der Waals surface area contributed by atoms with E-state index in [9.17, 15) is 9.59 Å². The first-order valence-electron chi connectivity index (χ1n) is 9.78. The number of piperazine rings is 1. The minimum absolute atomic E-state index is 0.0693. The second-order valence-corrected chi connectivity index (χ2v) is 7.21. The maximum Gasteiger partial charge on any atom is 0.265 e. The van der Waals surface area contributed by atoms with Crippen molar-refractivity contribution in [2.24, 2.45) is 0 Å². The van der Waals surface area contributed by atoms with Gasteiger partial charge in [-0.05, 0) is 36.4 Å². The Morgan fingerprint density at radius 1 is 1.00 bits per heavy atom. The molecule has 4 rings (SSSR count). The average molecular weight is 395 g/mol. The molecular weight excluding hydrogens is 370 g/mol. The fourth-order valence-corrected chi connectivity index (χ4v) is 3.84. The molecule has 0 bridgehead atoms. The van der Waals surface area contributed by atoms with Gasteiger partial charge in [0.25, 0.3) is 5.91 Å². The zero-order valence-electron chi connectivity index (χ0n) is 16.7. The van der Waals surface area contributed by atoms with Crippen molar-refractivity contribution >= 4 is 23.2 Å². The van der Waals surface area contributed by atoms with E-state index in [4.69, 9.17) is 9.47 Å². The molecule has 0 aliphatic carbocycles. The standard InChI is InChI=1S/C22H25N3O4/c1-16(26)25-15-21(29-20-6-4-3-5-19(20)25)22(27)24-13-11-23(12-14-24)17-7-9-18(28-2)10-8-17/h3-10,21H,11-15H2,1-2H3/t21-/m1/s1. The molecule has 2 aliphatic heterocycles. The third-order valence-corrected chi connectivity index (χ3v) is 5.46. The monoisotopic (exact) mass is 395 g/mol. The first kappa shape index (κ1) is 19.1. The third-order valence-electron chi connectivity index (χ3n) is 5.46. The highest BCUT2D eigenvalue weighted by molar-refractivity contribution is 5.95. The Hall–Kier alpha value is -3.22. The van der Waals surface area contributed by atoms with Crippen molar-refractivity contribution < 1.29 is 19.1 Å². The number of benzene rings is 2. The summed E-state index contributed by atoms with van der Waals surface area (Å²) in [5, 5.41) is 0. The number of para-hydroxylation sites is 2. The van der Waals surface area contributed by atoms with Crippen LogP contribution in [0.25, 0.3) is 0 Å². The summed E-state index contributed by atoms with van der Waals surface area (Å²) < 4.78 is 11.2. The number of hydrogen-bond acceptors (Lipinski definition) is 5. The van der Waals surface area contributed by atoms with E-state index in [1.165, 1.54) is 6.92 Å². The van der Waals surface area contributed by atoms with Crippen LogP contribution in [-0.2, 0) is 9.59 Å². The quantitative estimate of drug-likeness (QED) is 0.797. The SMILES string of the molecule is COc1ccc(N2CCN(C(=O)[C@H]3CN(C(C)=O)c4ccccc4O3)CC2)cc1. The van der Waals surface area contributed by atoms with Crippen molar-refractivity contribution in [1.82, 2.24) is 4.90 Å². The molecule has 0 N–H and O–H groups in total. The number of carbonyl (C=O) groups excluding carboxylic acids is 2. The van der Waals surface area contributed by atoms with E-state index in [0.717, 1.165) is 24.5 Å². The van der Waals surface area contributed by atoms with Crippen molar-refractivity contribution in [2.75, 3.05) is 49.6 Å². The molecule has 29 heavy (non-hydrogen) atoms. The zero-order valence-corrected chi connectivity index (χ0v) is 16.7. The summed E-state index contributed by atoms with van der Waals surface area (Å²) in [6.45, 7) is 4.48. The van der Waals surface area contributed by atoms with Crippen LogP contribution in [0.1, 0.15) is 6.92 Å². The summed E-state index contributed by atoms with van der Waals surface area (Å²) in [7, 11) is 1.65. The summed E-state index contributed by atoms with van der Waals surface area (Å²) in [6.07, 6.45) is -0.679. The van der Waals surface area contributed by atoms with Gasteiger partial charge in [0.2, 0.25) is 5.91 Å². The molecule has 1 saturated heterocycles. The molecule has 2 aliphatic rings. The fourth-order valence-electron chi connectivity index (χ4n) is 3.84.